The number of nitrogens with one attached hydrogen (secondary N) is 2. The van der Waals surface area contributed by atoms with Crippen LogP contribution in [0.2, 0.25) is 0 Å². The van der Waals surface area contributed by atoms with Crippen LogP contribution >= 0.6 is 11.3 Å². The van der Waals surface area contributed by atoms with Crippen molar-refractivity contribution in [1.29, 1.82) is 0 Å². The number of amides is 1. The molecule has 1 fully saturated rings. The predicted octanol–water partition coefficient (Wildman–Crippen LogP) is 4.23. The smallest absolute Gasteiger partial charge is 0.220 e. The minimum absolute atomic E-state index is 0.0883. The van der Waals surface area contributed by atoms with Crippen molar-refractivity contribution in [3.05, 3.63) is 34.8 Å². The summed E-state index contributed by atoms with van der Waals surface area (Å²) in [7, 11) is 0. The summed E-state index contributed by atoms with van der Waals surface area (Å²) < 4.78 is 0. The van der Waals surface area contributed by atoms with Crippen LogP contribution in [0.15, 0.2) is 29.9 Å². The highest BCUT2D eigenvalue weighted by atomic mass is 32.1. The molecule has 0 radical (unpaired) electrons. The Morgan fingerprint density at radius 2 is 2.32 bits per heavy atom. The lowest BCUT2D eigenvalue weighted by Crippen LogP contribution is -2.36. The normalized spacial score (nSPS) is 17.9. The van der Waals surface area contributed by atoms with Gasteiger partial charge in [-0.1, -0.05) is 13.0 Å². The first-order valence-electron chi connectivity index (χ1n) is 10.3. The van der Waals surface area contributed by atoms with Gasteiger partial charge in [0.25, 0.3) is 0 Å². The van der Waals surface area contributed by atoms with E-state index >= 15 is 0 Å². The van der Waals surface area contributed by atoms with Gasteiger partial charge in [-0.3, -0.25) is 4.79 Å². The lowest BCUT2D eigenvalue weighted by molar-refractivity contribution is -0.122. The summed E-state index contributed by atoms with van der Waals surface area (Å²) in [6.07, 6.45) is 6.53. The first-order valence-corrected chi connectivity index (χ1v) is 11.2. The maximum Gasteiger partial charge on any atom is 0.220 e. The molecule has 3 rings (SSSR count). The molecule has 0 saturated carbocycles. The van der Waals surface area contributed by atoms with Crippen molar-refractivity contribution < 1.29 is 4.79 Å². The maximum atomic E-state index is 12.3. The molecular weight excluding hydrogens is 370 g/mol. The molecule has 0 bridgehead atoms. The highest BCUT2D eigenvalue weighted by molar-refractivity contribution is 7.10. The third kappa shape index (κ3) is 5.92. The number of hydrogen-bond donors (Lipinski definition) is 2. The van der Waals surface area contributed by atoms with E-state index < -0.39 is 0 Å². The van der Waals surface area contributed by atoms with Gasteiger partial charge in [0, 0.05) is 37.0 Å². The third-order valence-corrected chi connectivity index (χ3v) is 6.23. The Morgan fingerprint density at radius 3 is 3.11 bits per heavy atom. The van der Waals surface area contributed by atoms with E-state index in [9.17, 15) is 4.79 Å². The zero-order valence-electron chi connectivity index (χ0n) is 16.9. The van der Waals surface area contributed by atoms with Crippen molar-refractivity contribution in [3.8, 4) is 0 Å². The average molecular weight is 402 g/mol. The van der Waals surface area contributed by atoms with Gasteiger partial charge in [-0.2, -0.15) is 0 Å². The SMILES string of the molecule is CCCNc1cc(N2CCC[C@H](CCC(=O)N[C@H](C)c3cccs3)C2)ncn1. The van der Waals surface area contributed by atoms with Crippen LogP contribution in [0.4, 0.5) is 11.6 Å². The van der Waals surface area contributed by atoms with Crippen LogP contribution in [0.3, 0.4) is 0 Å². The first kappa shape index (κ1) is 20.6. The highest BCUT2D eigenvalue weighted by Crippen LogP contribution is 2.26. The second-order valence-electron chi connectivity index (χ2n) is 7.49. The van der Waals surface area contributed by atoms with Gasteiger partial charge in [-0.15, -0.1) is 11.3 Å². The van der Waals surface area contributed by atoms with Crippen LogP contribution < -0.4 is 15.5 Å². The van der Waals surface area contributed by atoms with Gasteiger partial charge in [0.2, 0.25) is 5.91 Å². The topological polar surface area (TPSA) is 70.2 Å². The number of aromatic nitrogens is 2. The maximum absolute atomic E-state index is 12.3. The number of piperidine rings is 1. The van der Waals surface area contributed by atoms with Gasteiger partial charge in [-0.05, 0) is 50.0 Å². The van der Waals surface area contributed by atoms with E-state index in [0.29, 0.717) is 12.3 Å². The van der Waals surface area contributed by atoms with Crippen molar-refractivity contribution in [3.63, 3.8) is 0 Å². The van der Waals surface area contributed by atoms with Crippen LogP contribution in [-0.4, -0.2) is 35.5 Å². The van der Waals surface area contributed by atoms with Crippen LogP contribution in [0.5, 0.6) is 0 Å². The second kappa shape index (κ2) is 10.4. The quantitative estimate of drug-likeness (QED) is 0.658. The van der Waals surface area contributed by atoms with Gasteiger partial charge in [0.1, 0.15) is 18.0 Å². The van der Waals surface area contributed by atoms with Gasteiger partial charge >= 0.3 is 0 Å². The van der Waals surface area contributed by atoms with Crippen molar-refractivity contribution >= 4 is 28.9 Å². The number of carbonyl (C=O) groups excluding carboxylic acids is 1. The number of nitrogens with zero attached hydrogens (tertiary/aromatic N) is 3. The number of hydrogen-bond acceptors (Lipinski definition) is 6. The Balaban J connectivity index is 1.47. The molecule has 2 atom stereocenters. The number of rotatable bonds is 9. The zero-order chi connectivity index (χ0) is 19.8. The monoisotopic (exact) mass is 401 g/mol. The minimum atomic E-state index is 0.0883. The van der Waals surface area contributed by atoms with E-state index in [1.54, 1.807) is 17.7 Å². The molecule has 3 heterocycles. The van der Waals surface area contributed by atoms with Crippen LogP contribution in [-0.2, 0) is 4.79 Å². The predicted molar refractivity (Wildman–Crippen MR) is 116 cm³/mol. The van der Waals surface area contributed by atoms with Crippen LogP contribution in [0.25, 0.3) is 0 Å². The molecule has 1 amide bonds. The Kier molecular flexibility index (Phi) is 7.65. The minimum Gasteiger partial charge on any atom is -0.370 e. The first-order chi connectivity index (χ1) is 13.7. The molecule has 28 heavy (non-hydrogen) atoms. The average Bonchev–Trinajstić information content (AvgIpc) is 3.26. The molecule has 6 nitrogen and oxygen atoms in total. The third-order valence-electron chi connectivity index (χ3n) is 5.18. The molecule has 2 aromatic heterocycles. The summed E-state index contributed by atoms with van der Waals surface area (Å²) in [5, 5.41) is 8.49. The van der Waals surface area contributed by atoms with E-state index in [0.717, 1.165) is 50.5 Å². The molecule has 2 aromatic rings. The zero-order valence-corrected chi connectivity index (χ0v) is 17.7. The molecular formula is C21H31N5OS. The van der Waals surface area contributed by atoms with E-state index in [1.807, 2.05) is 24.4 Å². The molecule has 0 unspecified atom stereocenters. The van der Waals surface area contributed by atoms with Crippen molar-refractivity contribution in [2.75, 3.05) is 29.9 Å². The lowest BCUT2D eigenvalue weighted by atomic mass is 9.93. The molecule has 1 aliphatic rings. The van der Waals surface area contributed by atoms with Crippen molar-refractivity contribution in [1.82, 2.24) is 15.3 Å². The van der Waals surface area contributed by atoms with Crippen LogP contribution in [0, 0.1) is 5.92 Å². The largest absolute Gasteiger partial charge is 0.370 e. The van der Waals surface area contributed by atoms with Gasteiger partial charge in [0.15, 0.2) is 0 Å². The van der Waals surface area contributed by atoms with E-state index in [-0.39, 0.29) is 11.9 Å². The molecule has 2 N–H and O–H groups in total. The fourth-order valence-corrected chi connectivity index (χ4v) is 4.37. The number of carbonyl (C=O) groups is 1. The van der Waals surface area contributed by atoms with Gasteiger partial charge in [-0.25, -0.2) is 9.97 Å². The molecule has 0 spiro atoms. The number of anilines is 2. The summed E-state index contributed by atoms with van der Waals surface area (Å²) in [6.45, 7) is 7.07. The van der Waals surface area contributed by atoms with E-state index in [1.165, 1.54) is 11.3 Å². The summed E-state index contributed by atoms with van der Waals surface area (Å²) in [5.74, 6) is 2.54. The Morgan fingerprint density at radius 1 is 1.43 bits per heavy atom. The molecule has 152 valence electrons. The van der Waals surface area contributed by atoms with Crippen LogP contribution in [0.1, 0.15) is 56.9 Å². The Labute approximate surface area is 171 Å². The van der Waals surface area contributed by atoms with E-state index in [4.69, 9.17) is 0 Å². The molecule has 1 saturated heterocycles. The second-order valence-corrected chi connectivity index (χ2v) is 8.47. The van der Waals surface area contributed by atoms with E-state index in [2.05, 4.69) is 38.5 Å². The fourth-order valence-electron chi connectivity index (χ4n) is 3.64. The summed E-state index contributed by atoms with van der Waals surface area (Å²) in [5.41, 5.74) is 0. The summed E-state index contributed by atoms with van der Waals surface area (Å²) >= 11 is 1.68. The Hall–Kier alpha value is -2.15. The molecule has 1 aliphatic heterocycles. The molecule has 7 heteroatoms. The standard InChI is InChI=1S/C21H31N5OS/c1-3-10-22-19-13-20(24-15-23-19)26-11-4-6-17(14-26)8-9-21(27)25-16(2)18-7-5-12-28-18/h5,7,12-13,15-17H,3-4,6,8-11,14H2,1-2H3,(H,25,27)(H,22,23,24)/t16-,17-/m1/s1. The van der Waals surface area contributed by atoms with Gasteiger partial charge < -0.3 is 15.5 Å². The fraction of sp³-hybridized carbons (Fsp3) is 0.571. The molecule has 0 aliphatic carbocycles. The van der Waals surface area contributed by atoms with Crippen molar-refractivity contribution in [2.45, 2.75) is 52.0 Å². The summed E-state index contributed by atoms with van der Waals surface area (Å²) in [4.78, 5) is 24.6. The number of thiophene rings is 1. The lowest BCUT2D eigenvalue weighted by Gasteiger charge is -2.33. The van der Waals surface area contributed by atoms with Gasteiger partial charge in [0.05, 0.1) is 6.04 Å². The molecule has 0 aromatic carbocycles. The van der Waals surface area contributed by atoms with Crippen molar-refractivity contribution in [2.24, 2.45) is 5.92 Å². The summed E-state index contributed by atoms with van der Waals surface area (Å²) in [6, 6.07) is 6.22. The Bertz CT molecular complexity index is 736. The highest BCUT2D eigenvalue weighted by Gasteiger charge is 2.22.